The maximum Gasteiger partial charge on any atom is 0.387 e. The van der Waals surface area contributed by atoms with Crippen molar-refractivity contribution >= 4 is 23.1 Å². The van der Waals surface area contributed by atoms with E-state index < -0.39 is 6.61 Å². The van der Waals surface area contributed by atoms with Gasteiger partial charge in [0.15, 0.2) is 11.5 Å². The van der Waals surface area contributed by atoms with Crippen LogP contribution in [-0.2, 0) is 4.74 Å². The molecule has 2 atom stereocenters. The summed E-state index contributed by atoms with van der Waals surface area (Å²) in [7, 11) is 1.83. The van der Waals surface area contributed by atoms with Crippen LogP contribution in [0.5, 0.6) is 5.75 Å². The summed E-state index contributed by atoms with van der Waals surface area (Å²) in [5.74, 6) is 0.610. The number of carbonyl (C=O) groups excluding carboxylic acids is 1. The van der Waals surface area contributed by atoms with Gasteiger partial charge in [0.25, 0.3) is 5.91 Å². The van der Waals surface area contributed by atoms with Gasteiger partial charge < -0.3 is 19.7 Å². The first-order valence-corrected chi connectivity index (χ1v) is 13.6. The van der Waals surface area contributed by atoms with Gasteiger partial charge in [0.1, 0.15) is 5.75 Å². The first kappa shape index (κ1) is 28.4. The number of amides is 1. The number of halogens is 2. The Morgan fingerprint density at radius 3 is 2.56 bits per heavy atom. The molecule has 0 radical (unpaired) electrons. The molecular formula is C30H34F2N6O3. The fraction of sp³-hybridized carbons (Fsp3) is 0.367. The maximum absolute atomic E-state index is 13.2. The minimum atomic E-state index is -2.87. The van der Waals surface area contributed by atoms with Gasteiger partial charge in [-0.1, -0.05) is 0 Å². The average Bonchev–Trinajstić information content (AvgIpc) is 3.36. The number of ether oxygens (including phenoxy) is 2. The lowest BCUT2D eigenvalue weighted by atomic mass is 10.1. The lowest BCUT2D eigenvalue weighted by Gasteiger charge is -2.36. The quantitative estimate of drug-likeness (QED) is 0.298. The highest BCUT2D eigenvalue weighted by Crippen LogP contribution is 2.28. The number of nitrogens with one attached hydrogen (secondary N) is 1. The molecule has 3 heterocycles. The van der Waals surface area contributed by atoms with Crippen LogP contribution in [0.1, 0.15) is 29.8 Å². The molecule has 1 aliphatic rings. The summed E-state index contributed by atoms with van der Waals surface area (Å²) in [5.41, 5.74) is 4.43. The van der Waals surface area contributed by atoms with E-state index in [2.05, 4.69) is 38.8 Å². The Morgan fingerprint density at radius 2 is 1.88 bits per heavy atom. The Bertz CT molecular complexity index is 1500. The fourth-order valence-electron chi connectivity index (χ4n) is 5.21. The van der Waals surface area contributed by atoms with Crippen LogP contribution < -0.4 is 10.1 Å². The summed E-state index contributed by atoms with van der Waals surface area (Å²) in [6, 6.07) is 12.0. The molecule has 0 saturated carbocycles. The summed E-state index contributed by atoms with van der Waals surface area (Å²) in [4.78, 5) is 26.3. The van der Waals surface area contributed by atoms with Crippen molar-refractivity contribution in [1.82, 2.24) is 24.2 Å². The smallest absolute Gasteiger partial charge is 0.387 e. The van der Waals surface area contributed by atoms with E-state index in [1.165, 1.54) is 12.1 Å². The number of likely N-dealkylation sites (N-methyl/N-ethyl adjacent to an activating group) is 1. The Labute approximate surface area is 237 Å². The monoisotopic (exact) mass is 564 g/mol. The lowest BCUT2D eigenvalue weighted by molar-refractivity contribution is -0.0685. The second kappa shape index (κ2) is 12.2. The van der Waals surface area contributed by atoms with Crippen molar-refractivity contribution < 1.29 is 23.0 Å². The normalized spacial score (nSPS) is 17.6. The molecule has 41 heavy (non-hydrogen) atoms. The average molecular weight is 565 g/mol. The van der Waals surface area contributed by atoms with Crippen LogP contribution in [0.3, 0.4) is 0 Å². The van der Waals surface area contributed by atoms with E-state index in [-0.39, 0.29) is 23.9 Å². The minimum Gasteiger partial charge on any atom is -0.435 e. The number of carbonyl (C=O) groups is 1. The van der Waals surface area contributed by atoms with Crippen molar-refractivity contribution in [3.63, 3.8) is 0 Å². The Balaban J connectivity index is 1.27. The van der Waals surface area contributed by atoms with Crippen LogP contribution in [0, 0.1) is 6.92 Å². The van der Waals surface area contributed by atoms with Crippen LogP contribution in [0.25, 0.3) is 16.9 Å². The zero-order valence-electron chi connectivity index (χ0n) is 23.6. The van der Waals surface area contributed by atoms with E-state index in [0.717, 1.165) is 42.1 Å². The number of rotatable bonds is 9. The van der Waals surface area contributed by atoms with E-state index in [9.17, 15) is 13.6 Å². The summed E-state index contributed by atoms with van der Waals surface area (Å²) >= 11 is 0. The molecule has 216 valence electrons. The summed E-state index contributed by atoms with van der Waals surface area (Å²) in [6.07, 6.45) is 5.53. The first-order valence-electron chi connectivity index (χ1n) is 13.6. The number of benzene rings is 2. The second-order valence-corrected chi connectivity index (χ2v) is 10.4. The van der Waals surface area contributed by atoms with Crippen LogP contribution >= 0.6 is 0 Å². The molecule has 0 aliphatic carbocycles. The minimum absolute atomic E-state index is 0.0218. The second-order valence-electron chi connectivity index (χ2n) is 10.4. The van der Waals surface area contributed by atoms with Gasteiger partial charge in [0, 0.05) is 62.4 Å². The number of imidazole rings is 1. The molecule has 9 nitrogen and oxygen atoms in total. The van der Waals surface area contributed by atoms with E-state index in [1.807, 2.05) is 36.6 Å². The van der Waals surface area contributed by atoms with Crippen molar-refractivity contribution in [3.8, 4) is 17.0 Å². The van der Waals surface area contributed by atoms with Crippen molar-refractivity contribution in [2.75, 3.05) is 38.5 Å². The molecule has 0 spiro atoms. The third-order valence-electron chi connectivity index (χ3n) is 7.12. The number of hydrogen-bond acceptors (Lipinski definition) is 7. The molecule has 2 unspecified atom stereocenters. The fourth-order valence-corrected chi connectivity index (χ4v) is 5.21. The van der Waals surface area contributed by atoms with Gasteiger partial charge in [-0.25, -0.2) is 9.97 Å². The molecule has 4 aromatic rings. The predicted octanol–water partition coefficient (Wildman–Crippen LogP) is 5.23. The number of aryl methyl sites for hydroxylation is 1. The number of alkyl halides is 2. The molecule has 1 aliphatic heterocycles. The number of anilines is 2. The molecule has 2 aromatic heterocycles. The van der Waals surface area contributed by atoms with Gasteiger partial charge in [-0.15, -0.1) is 0 Å². The Morgan fingerprint density at radius 1 is 1.15 bits per heavy atom. The predicted molar refractivity (Wildman–Crippen MR) is 153 cm³/mol. The van der Waals surface area contributed by atoms with Crippen LogP contribution in [0.15, 0.2) is 61.1 Å². The van der Waals surface area contributed by atoms with Crippen molar-refractivity contribution in [2.24, 2.45) is 0 Å². The van der Waals surface area contributed by atoms with E-state index in [0.29, 0.717) is 23.6 Å². The van der Waals surface area contributed by atoms with Gasteiger partial charge in [0.2, 0.25) is 0 Å². The molecular weight excluding hydrogens is 530 g/mol. The van der Waals surface area contributed by atoms with E-state index in [1.54, 1.807) is 35.6 Å². The maximum atomic E-state index is 13.2. The van der Waals surface area contributed by atoms with Crippen LogP contribution in [0.4, 0.5) is 20.3 Å². The summed E-state index contributed by atoms with van der Waals surface area (Å²) in [5, 5.41) is 3.31. The first-order chi connectivity index (χ1) is 19.7. The zero-order chi connectivity index (χ0) is 29.1. The van der Waals surface area contributed by atoms with Crippen molar-refractivity contribution in [1.29, 1.82) is 0 Å². The van der Waals surface area contributed by atoms with Gasteiger partial charge in [-0.05, 0) is 68.8 Å². The third-order valence-corrected chi connectivity index (χ3v) is 7.12. The lowest BCUT2D eigenvalue weighted by Crippen LogP contribution is -2.48. The van der Waals surface area contributed by atoms with Crippen molar-refractivity contribution in [3.05, 3.63) is 72.2 Å². The van der Waals surface area contributed by atoms with E-state index in [4.69, 9.17) is 4.74 Å². The number of fused-ring (bicyclic) bond motifs is 1. The Hall–Kier alpha value is -4.09. The largest absolute Gasteiger partial charge is 0.435 e. The number of aromatic nitrogens is 3. The number of hydrogen-bond donors (Lipinski definition) is 1. The highest BCUT2D eigenvalue weighted by molar-refractivity contribution is 5.96. The van der Waals surface area contributed by atoms with Gasteiger partial charge in [0.05, 0.1) is 24.1 Å². The molecule has 0 bridgehead atoms. The van der Waals surface area contributed by atoms with Gasteiger partial charge >= 0.3 is 6.61 Å². The van der Waals surface area contributed by atoms with Gasteiger partial charge in [-0.2, -0.15) is 8.78 Å². The van der Waals surface area contributed by atoms with Crippen LogP contribution in [-0.4, -0.2) is 82.1 Å². The van der Waals surface area contributed by atoms with Gasteiger partial charge in [-0.3, -0.25) is 14.1 Å². The highest BCUT2D eigenvalue weighted by atomic mass is 19.3. The SMILES string of the molecule is Cc1cc(Nc2nccn3c(-c4ccc(OC(F)F)cc4)cnc23)ccc1C(=O)N(C)CCN1CC(C)OC(C)C1. The molecule has 5 rings (SSSR count). The summed E-state index contributed by atoms with van der Waals surface area (Å²) < 4.78 is 37.1. The number of nitrogens with zero attached hydrogens (tertiary/aromatic N) is 5. The molecule has 2 aromatic carbocycles. The molecule has 1 N–H and O–H groups in total. The molecule has 1 amide bonds. The highest BCUT2D eigenvalue weighted by Gasteiger charge is 2.23. The van der Waals surface area contributed by atoms with Crippen LogP contribution in [0.2, 0.25) is 0 Å². The van der Waals surface area contributed by atoms with E-state index >= 15 is 0 Å². The molecule has 1 saturated heterocycles. The zero-order valence-corrected chi connectivity index (χ0v) is 23.6. The Kier molecular flexibility index (Phi) is 8.46. The number of morpholine rings is 1. The topological polar surface area (TPSA) is 84.2 Å². The standard InChI is InChI=1S/C30H34F2N6O3/c1-19-15-23(7-10-25(19)29(39)36(4)13-14-37-17-20(2)40-21(3)18-37)35-27-28-34-16-26(38(28)12-11-33-27)22-5-8-24(9-6-22)41-30(31)32/h5-12,15-16,20-21,30H,13-14,17-18H2,1-4H3,(H,33,35). The van der Waals surface area contributed by atoms with Crippen molar-refractivity contribution in [2.45, 2.75) is 39.6 Å². The molecule has 1 fully saturated rings. The summed E-state index contributed by atoms with van der Waals surface area (Å²) in [6.45, 7) is 6.37. The third kappa shape index (κ3) is 6.63. The molecule has 11 heteroatoms.